The van der Waals surface area contributed by atoms with E-state index in [0.717, 1.165) is 37.0 Å². The number of hydrogen-bond donors (Lipinski definition) is 0. The van der Waals surface area contributed by atoms with Crippen LogP contribution in [0.15, 0.2) is 41.3 Å². The smallest absolute Gasteiger partial charge is 0.355 e. The van der Waals surface area contributed by atoms with Crippen LogP contribution >= 0.6 is 23.4 Å². The number of aromatic nitrogens is 2. The van der Waals surface area contributed by atoms with Crippen molar-refractivity contribution in [1.82, 2.24) is 10.2 Å². The molecule has 3 nitrogen and oxygen atoms in total. The summed E-state index contributed by atoms with van der Waals surface area (Å²) in [7, 11) is 0. The molecule has 1 fully saturated rings. The predicted molar refractivity (Wildman–Crippen MR) is 89.6 cm³/mol. The minimum absolute atomic E-state index is 0.477. The Kier molecular flexibility index (Phi) is 5.20. The van der Waals surface area contributed by atoms with Gasteiger partial charge < -0.3 is 4.90 Å². The lowest BCUT2D eigenvalue weighted by Crippen LogP contribution is -2.35. The SMILES string of the molecule is FC(F)(F)c1ccc(N2CCC(Sc3ccc(Cl)cc3)CC2)nn1. The second-order valence-electron chi connectivity index (χ2n) is 5.53. The molecular formula is C16H15ClF3N3S. The Balaban J connectivity index is 1.56. The molecule has 1 aliphatic heterocycles. The van der Waals surface area contributed by atoms with Crippen LogP contribution in [-0.4, -0.2) is 28.5 Å². The number of thioether (sulfide) groups is 1. The molecule has 2 aromatic rings. The molecule has 0 bridgehead atoms. The molecule has 0 aliphatic carbocycles. The lowest BCUT2D eigenvalue weighted by Gasteiger charge is -2.32. The molecule has 0 radical (unpaired) electrons. The first kappa shape index (κ1) is 17.4. The van der Waals surface area contributed by atoms with Crippen LogP contribution in [0.5, 0.6) is 0 Å². The zero-order chi connectivity index (χ0) is 17.2. The highest BCUT2D eigenvalue weighted by molar-refractivity contribution is 8.00. The van der Waals surface area contributed by atoms with Crippen LogP contribution in [0, 0.1) is 0 Å². The molecule has 1 saturated heterocycles. The number of piperidine rings is 1. The second-order valence-corrected chi connectivity index (χ2v) is 7.34. The first-order chi connectivity index (χ1) is 11.4. The van der Waals surface area contributed by atoms with Gasteiger partial charge in [-0.1, -0.05) is 11.6 Å². The molecule has 1 aliphatic rings. The topological polar surface area (TPSA) is 29.0 Å². The number of nitrogens with zero attached hydrogens (tertiary/aromatic N) is 3. The van der Waals surface area contributed by atoms with Crippen LogP contribution in [0.1, 0.15) is 18.5 Å². The van der Waals surface area contributed by atoms with E-state index in [1.54, 1.807) is 11.8 Å². The van der Waals surface area contributed by atoms with E-state index in [2.05, 4.69) is 10.2 Å². The monoisotopic (exact) mass is 373 g/mol. The van der Waals surface area contributed by atoms with Crippen molar-refractivity contribution in [1.29, 1.82) is 0 Å². The molecule has 128 valence electrons. The number of anilines is 1. The standard InChI is InChI=1S/C16H15ClF3N3S/c17-11-1-3-12(4-2-11)24-13-7-9-23(10-8-13)15-6-5-14(21-22-15)16(18,19)20/h1-6,13H,7-10H2. The van der Waals surface area contributed by atoms with Gasteiger partial charge in [0.25, 0.3) is 0 Å². The zero-order valence-corrected chi connectivity index (χ0v) is 14.2. The van der Waals surface area contributed by atoms with Crippen molar-refractivity contribution in [3.63, 3.8) is 0 Å². The summed E-state index contributed by atoms with van der Waals surface area (Å²) in [6.45, 7) is 1.51. The van der Waals surface area contributed by atoms with Gasteiger partial charge in [0.1, 0.15) is 0 Å². The molecule has 1 aromatic carbocycles. The lowest BCUT2D eigenvalue weighted by atomic mass is 10.1. The Morgan fingerprint density at radius 3 is 2.21 bits per heavy atom. The minimum Gasteiger partial charge on any atom is -0.355 e. The third-order valence-electron chi connectivity index (χ3n) is 3.82. The Hall–Kier alpha value is -1.47. The van der Waals surface area contributed by atoms with Crippen LogP contribution in [0.25, 0.3) is 0 Å². The van der Waals surface area contributed by atoms with Gasteiger partial charge in [-0.3, -0.25) is 0 Å². The van der Waals surface area contributed by atoms with Gasteiger partial charge in [-0.15, -0.1) is 22.0 Å². The Morgan fingerprint density at radius 2 is 1.67 bits per heavy atom. The molecule has 24 heavy (non-hydrogen) atoms. The highest BCUT2D eigenvalue weighted by atomic mass is 35.5. The molecule has 2 heterocycles. The van der Waals surface area contributed by atoms with Crippen molar-refractivity contribution >= 4 is 29.2 Å². The quantitative estimate of drug-likeness (QED) is 0.764. The average Bonchev–Trinajstić information content (AvgIpc) is 2.57. The lowest BCUT2D eigenvalue weighted by molar-refractivity contribution is -0.141. The normalized spacial score (nSPS) is 16.4. The molecule has 0 saturated carbocycles. The van der Waals surface area contributed by atoms with Gasteiger partial charge in [-0.05, 0) is 49.2 Å². The van der Waals surface area contributed by atoms with Crippen molar-refractivity contribution in [3.05, 3.63) is 47.1 Å². The Labute approximate surface area is 147 Å². The maximum absolute atomic E-state index is 12.5. The second kappa shape index (κ2) is 7.19. The van der Waals surface area contributed by atoms with Crippen LogP contribution in [-0.2, 0) is 6.18 Å². The van der Waals surface area contributed by atoms with Gasteiger partial charge in [0.2, 0.25) is 0 Å². The molecule has 0 N–H and O–H groups in total. The summed E-state index contributed by atoms with van der Waals surface area (Å²) in [5, 5.41) is 8.20. The summed E-state index contributed by atoms with van der Waals surface area (Å²) < 4.78 is 37.6. The maximum Gasteiger partial charge on any atom is 0.435 e. The van der Waals surface area contributed by atoms with Crippen molar-refractivity contribution in [2.45, 2.75) is 29.2 Å². The average molecular weight is 374 g/mol. The number of benzene rings is 1. The van der Waals surface area contributed by atoms with Crippen LogP contribution < -0.4 is 4.90 Å². The Bertz CT molecular complexity index is 668. The maximum atomic E-state index is 12.5. The fourth-order valence-electron chi connectivity index (χ4n) is 2.55. The van der Waals surface area contributed by atoms with Crippen LogP contribution in [0.3, 0.4) is 0 Å². The third kappa shape index (κ3) is 4.33. The van der Waals surface area contributed by atoms with E-state index in [9.17, 15) is 13.2 Å². The fourth-order valence-corrected chi connectivity index (χ4v) is 3.80. The van der Waals surface area contributed by atoms with Gasteiger partial charge in [-0.25, -0.2) is 0 Å². The summed E-state index contributed by atoms with van der Waals surface area (Å²) in [6, 6.07) is 10.1. The van der Waals surface area contributed by atoms with Gasteiger partial charge in [0.15, 0.2) is 11.5 Å². The van der Waals surface area contributed by atoms with Crippen molar-refractivity contribution < 1.29 is 13.2 Å². The summed E-state index contributed by atoms with van der Waals surface area (Å²) >= 11 is 7.69. The molecule has 3 rings (SSSR count). The molecule has 1 aromatic heterocycles. The summed E-state index contributed by atoms with van der Waals surface area (Å²) in [6.07, 6.45) is -2.57. The number of halogens is 4. The van der Waals surface area contributed by atoms with Crippen molar-refractivity contribution in [3.8, 4) is 0 Å². The fraction of sp³-hybridized carbons (Fsp3) is 0.375. The number of hydrogen-bond acceptors (Lipinski definition) is 4. The van der Waals surface area contributed by atoms with Crippen molar-refractivity contribution in [2.75, 3.05) is 18.0 Å². The van der Waals surface area contributed by atoms with Crippen LogP contribution in [0.4, 0.5) is 19.0 Å². The molecule has 0 unspecified atom stereocenters. The molecular weight excluding hydrogens is 359 g/mol. The Morgan fingerprint density at radius 1 is 1.00 bits per heavy atom. The minimum atomic E-state index is -4.45. The van der Waals surface area contributed by atoms with E-state index in [-0.39, 0.29) is 0 Å². The third-order valence-corrected chi connectivity index (χ3v) is 5.42. The summed E-state index contributed by atoms with van der Waals surface area (Å²) in [5.41, 5.74) is -0.959. The van der Waals surface area contributed by atoms with Gasteiger partial charge >= 0.3 is 6.18 Å². The highest BCUT2D eigenvalue weighted by Crippen LogP contribution is 2.32. The van der Waals surface area contributed by atoms with E-state index in [1.165, 1.54) is 11.0 Å². The largest absolute Gasteiger partial charge is 0.435 e. The van der Waals surface area contributed by atoms with E-state index in [0.29, 0.717) is 11.1 Å². The van der Waals surface area contributed by atoms with Gasteiger partial charge in [0.05, 0.1) is 0 Å². The summed E-state index contributed by atoms with van der Waals surface area (Å²) in [5.74, 6) is 0.498. The molecule has 0 atom stereocenters. The van der Waals surface area contributed by atoms with Gasteiger partial charge in [-0.2, -0.15) is 13.2 Å². The van der Waals surface area contributed by atoms with E-state index < -0.39 is 11.9 Å². The van der Waals surface area contributed by atoms with E-state index in [4.69, 9.17) is 11.6 Å². The first-order valence-corrected chi connectivity index (χ1v) is 8.76. The number of rotatable bonds is 3. The predicted octanol–water partition coefficient (Wildman–Crippen LogP) is 4.91. The molecule has 0 spiro atoms. The van der Waals surface area contributed by atoms with E-state index in [1.807, 2.05) is 29.2 Å². The van der Waals surface area contributed by atoms with Crippen molar-refractivity contribution in [2.24, 2.45) is 0 Å². The van der Waals surface area contributed by atoms with E-state index >= 15 is 0 Å². The first-order valence-electron chi connectivity index (χ1n) is 7.50. The number of alkyl halides is 3. The zero-order valence-electron chi connectivity index (χ0n) is 12.6. The van der Waals surface area contributed by atoms with Gasteiger partial charge in [0, 0.05) is 28.3 Å². The van der Waals surface area contributed by atoms with Crippen LogP contribution in [0.2, 0.25) is 5.02 Å². The molecule has 0 amide bonds. The summed E-state index contributed by atoms with van der Waals surface area (Å²) in [4.78, 5) is 3.15. The molecule has 8 heteroatoms. The highest BCUT2D eigenvalue weighted by Gasteiger charge is 2.33.